The average molecular weight is 269 g/mol. The van der Waals surface area contributed by atoms with E-state index in [2.05, 4.69) is 11.4 Å². The highest BCUT2D eigenvalue weighted by Gasteiger charge is 2.00. The fourth-order valence-electron chi connectivity index (χ4n) is 1.29. The van der Waals surface area contributed by atoms with Crippen LogP contribution in [0.15, 0.2) is 23.6 Å². The quantitative estimate of drug-likeness (QED) is 0.919. The molecule has 0 spiro atoms. The van der Waals surface area contributed by atoms with Crippen LogP contribution in [0.1, 0.15) is 15.3 Å². The van der Waals surface area contributed by atoms with Crippen molar-refractivity contribution in [2.45, 2.75) is 13.1 Å². The molecular formula is C11H9ClN2S2. The van der Waals surface area contributed by atoms with Crippen molar-refractivity contribution in [1.82, 2.24) is 5.32 Å². The molecule has 2 aromatic heterocycles. The predicted molar refractivity (Wildman–Crippen MR) is 68.9 cm³/mol. The van der Waals surface area contributed by atoms with Gasteiger partial charge in [-0.1, -0.05) is 11.6 Å². The van der Waals surface area contributed by atoms with Crippen LogP contribution in [-0.4, -0.2) is 0 Å². The minimum atomic E-state index is 0.737. The van der Waals surface area contributed by atoms with Gasteiger partial charge in [0.05, 0.1) is 9.90 Å². The number of halogens is 1. The second-order valence-electron chi connectivity index (χ2n) is 3.22. The topological polar surface area (TPSA) is 35.8 Å². The fraction of sp³-hybridized carbons (Fsp3) is 0.182. The summed E-state index contributed by atoms with van der Waals surface area (Å²) in [6, 6.07) is 7.97. The van der Waals surface area contributed by atoms with Gasteiger partial charge in [0.25, 0.3) is 0 Å². The van der Waals surface area contributed by atoms with Crippen LogP contribution in [0.5, 0.6) is 0 Å². The van der Waals surface area contributed by atoms with Gasteiger partial charge < -0.3 is 5.32 Å². The van der Waals surface area contributed by atoms with E-state index in [9.17, 15) is 0 Å². The highest BCUT2D eigenvalue weighted by atomic mass is 35.5. The van der Waals surface area contributed by atoms with E-state index in [4.69, 9.17) is 16.9 Å². The number of hydrogen-bond donors (Lipinski definition) is 1. The zero-order valence-corrected chi connectivity index (χ0v) is 10.8. The molecule has 0 unspecified atom stereocenters. The second kappa shape index (κ2) is 5.46. The van der Waals surface area contributed by atoms with Gasteiger partial charge in [-0.3, -0.25) is 0 Å². The molecule has 0 aliphatic rings. The van der Waals surface area contributed by atoms with Gasteiger partial charge in [-0.2, -0.15) is 5.26 Å². The van der Waals surface area contributed by atoms with E-state index in [1.54, 1.807) is 22.7 Å². The zero-order chi connectivity index (χ0) is 11.4. The summed E-state index contributed by atoms with van der Waals surface area (Å²) < 4.78 is 0.819. The maximum Gasteiger partial charge on any atom is 0.100 e. The van der Waals surface area contributed by atoms with Gasteiger partial charge in [0.2, 0.25) is 0 Å². The van der Waals surface area contributed by atoms with Crippen molar-refractivity contribution in [3.05, 3.63) is 43.2 Å². The maximum absolute atomic E-state index is 8.68. The van der Waals surface area contributed by atoms with Crippen molar-refractivity contribution < 1.29 is 0 Å². The van der Waals surface area contributed by atoms with Crippen LogP contribution in [0.25, 0.3) is 0 Å². The monoisotopic (exact) mass is 268 g/mol. The third kappa shape index (κ3) is 3.06. The van der Waals surface area contributed by atoms with E-state index in [1.165, 1.54) is 9.75 Å². The number of nitrogens with zero attached hydrogens (tertiary/aromatic N) is 1. The number of nitriles is 1. The molecule has 0 saturated carbocycles. The first-order chi connectivity index (χ1) is 7.78. The molecular weight excluding hydrogens is 260 g/mol. The maximum atomic E-state index is 8.68. The van der Waals surface area contributed by atoms with E-state index in [0.717, 1.165) is 23.0 Å². The molecule has 0 fully saturated rings. The molecule has 2 aromatic rings. The van der Waals surface area contributed by atoms with Crippen LogP contribution >= 0.6 is 34.3 Å². The van der Waals surface area contributed by atoms with E-state index >= 15 is 0 Å². The van der Waals surface area contributed by atoms with Crippen LogP contribution in [0.2, 0.25) is 4.34 Å². The lowest BCUT2D eigenvalue weighted by Crippen LogP contribution is -2.10. The Morgan fingerprint density at radius 3 is 2.75 bits per heavy atom. The number of hydrogen-bond acceptors (Lipinski definition) is 4. The van der Waals surface area contributed by atoms with Crippen molar-refractivity contribution in [3.63, 3.8) is 0 Å². The highest BCUT2D eigenvalue weighted by Crippen LogP contribution is 2.21. The number of thiophene rings is 2. The molecule has 2 nitrogen and oxygen atoms in total. The van der Waals surface area contributed by atoms with E-state index < -0.39 is 0 Å². The molecule has 0 amide bonds. The summed E-state index contributed by atoms with van der Waals surface area (Å²) >= 11 is 9.03. The molecule has 1 N–H and O–H groups in total. The number of nitrogens with one attached hydrogen (secondary N) is 1. The predicted octanol–water partition coefficient (Wildman–Crippen LogP) is 3.62. The van der Waals surface area contributed by atoms with Crippen molar-refractivity contribution >= 4 is 34.3 Å². The van der Waals surface area contributed by atoms with Gasteiger partial charge in [-0.15, -0.1) is 22.7 Å². The van der Waals surface area contributed by atoms with Crippen LogP contribution < -0.4 is 5.32 Å². The first kappa shape index (κ1) is 11.6. The standard InChI is InChI=1S/C11H9ClN2S2/c12-11-2-1-9(16-11)5-14-6-10-3-8(4-13)7-15-10/h1-3,7,14H,5-6H2. The zero-order valence-electron chi connectivity index (χ0n) is 8.37. The fourth-order valence-corrected chi connectivity index (χ4v) is 3.12. The minimum Gasteiger partial charge on any atom is -0.307 e. The van der Waals surface area contributed by atoms with Crippen LogP contribution in [0, 0.1) is 11.3 Å². The molecule has 5 heteroatoms. The third-order valence-corrected chi connectivity index (χ3v) is 4.18. The van der Waals surface area contributed by atoms with Crippen LogP contribution in [0.3, 0.4) is 0 Å². The van der Waals surface area contributed by atoms with Gasteiger partial charge in [-0.05, 0) is 18.2 Å². The van der Waals surface area contributed by atoms with Gasteiger partial charge >= 0.3 is 0 Å². The van der Waals surface area contributed by atoms with Crippen LogP contribution in [-0.2, 0) is 13.1 Å². The van der Waals surface area contributed by atoms with Crippen LogP contribution in [0.4, 0.5) is 0 Å². The Balaban J connectivity index is 1.82. The lowest BCUT2D eigenvalue weighted by atomic mass is 10.3. The highest BCUT2D eigenvalue weighted by molar-refractivity contribution is 7.16. The summed E-state index contributed by atoms with van der Waals surface area (Å²) in [6.45, 7) is 1.61. The molecule has 2 rings (SSSR count). The van der Waals surface area contributed by atoms with Crippen molar-refractivity contribution in [2.75, 3.05) is 0 Å². The van der Waals surface area contributed by atoms with Gasteiger partial charge in [-0.25, -0.2) is 0 Å². The Kier molecular flexibility index (Phi) is 3.97. The average Bonchev–Trinajstić information content (AvgIpc) is 2.88. The molecule has 0 radical (unpaired) electrons. The summed E-state index contributed by atoms with van der Waals surface area (Å²) in [5, 5.41) is 13.9. The summed E-state index contributed by atoms with van der Waals surface area (Å²) in [5.74, 6) is 0. The molecule has 0 aliphatic carbocycles. The third-order valence-electron chi connectivity index (χ3n) is 2.01. The van der Waals surface area contributed by atoms with E-state index in [0.29, 0.717) is 0 Å². The van der Waals surface area contributed by atoms with Gasteiger partial charge in [0.1, 0.15) is 6.07 Å². The molecule has 0 aliphatic heterocycles. The van der Waals surface area contributed by atoms with Crippen molar-refractivity contribution in [1.29, 1.82) is 5.26 Å². The Hall–Kier alpha value is -0.860. The summed E-state index contributed by atoms with van der Waals surface area (Å²) in [4.78, 5) is 2.40. The first-order valence-corrected chi connectivity index (χ1v) is 6.78. The largest absolute Gasteiger partial charge is 0.307 e. The normalized spacial score (nSPS) is 10.2. The SMILES string of the molecule is N#Cc1csc(CNCc2ccc(Cl)s2)c1. The molecule has 82 valence electrons. The van der Waals surface area contributed by atoms with E-state index in [1.807, 2.05) is 23.6 Å². The Bertz CT molecular complexity index is 510. The Morgan fingerprint density at radius 1 is 1.31 bits per heavy atom. The van der Waals surface area contributed by atoms with Crippen molar-refractivity contribution in [3.8, 4) is 6.07 Å². The number of rotatable bonds is 4. The minimum absolute atomic E-state index is 0.737. The molecule has 16 heavy (non-hydrogen) atoms. The molecule has 0 saturated heterocycles. The Morgan fingerprint density at radius 2 is 2.12 bits per heavy atom. The van der Waals surface area contributed by atoms with Crippen molar-refractivity contribution in [2.24, 2.45) is 0 Å². The summed E-state index contributed by atoms with van der Waals surface area (Å²) in [6.07, 6.45) is 0. The summed E-state index contributed by atoms with van der Waals surface area (Å²) in [7, 11) is 0. The first-order valence-electron chi connectivity index (χ1n) is 4.70. The van der Waals surface area contributed by atoms with E-state index in [-0.39, 0.29) is 0 Å². The Labute approximate surface area is 107 Å². The lowest BCUT2D eigenvalue weighted by molar-refractivity contribution is 0.709. The molecule has 0 aromatic carbocycles. The lowest BCUT2D eigenvalue weighted by Gasteiger charge is -1.99. The smallest absolute Gasteiger partial charge is 0.100 e. The molecule has 0 atom stereocenters. The molecule has 2 heterocycles. The second-order valence-corrected chi connectivity index (χ2v) is 6.02. The summed E-state index contributed by atoms with van der Waals surface area (Å²) in [5.41, 5.74) is 0.737. The van der Waals surface area contributed by atoms with Gasteiger partial charge in [0.15, 0.2) is 0 Å². The molecule has 0 bridgehead atoms. The van der Waals surface area contributed by atoms with Gasteiger partial charge in [0, 0.05) is 28.2 Å².